The number of nitrogens with one attached hydrogen (secondary N) is 4. The third-order valence-electron chi connectivity index (χ3n) is 8.33. The molecule has 1 aliphatic rings. The number of alkyl halides is 6. The van der Waals surface area contributed by atoms with Crippen LogP contribution in [0.3, 0.4) is 0 Å². The van der Waals surface area contributed by atoms with E-state index in [0.717, 1.165) is 12.1 Å². The SMILES string of the molecule is CSNc1nn(C)c2c(-c3cnc(C#CC(C)(C)O)nc3C(Cc3cc(F)cc(F)c3)NC(=O)CNC3=C(C(=N)C(F)F)C(F)(F)CCC3(F)F)cccc12. The highest BCUT2D eigenvalue weighted by Gasteiger charge is 2.53. The van der Waals surface area contributed by atoms with Crippen molar-refractivity contribution >= 4 is 40.3 Å². The van der Waals surface area contributed by atoms with E-state index in [0.29, 0.717) is 28.4 Å². The van der Waals surface area contributed by atoms with Crippen LogP contribution in [-0.4, -0.2) is 73.1 Å². The minimum absolute atomic E-state index is 0.00322. The second-order valence-electron chi connectivity index (χ2n) is 13.1. The summed E-state index contributed by atoms with van der Waals surface area (Å²) in [5, 5.41) is 27.3. The molecule has 1 unspecified atom stereocenters. The van der Waals surface area contributed by atoms with Crippen LogP contribution in [0.5, 0.6) is 0 Å². The van der Waals surface area contributed by atoms with Crippen LogP contribution in [0.25, 0.3) is 22.0 Å². The zero-order valence-electron chi connectivity index (χ0n) is 29.6. The summed E-state index contributed by atoms with van der Waals surface area (Å²) in [6.07, 6.45) is -4.02. The summed E-state index contributed by atoms with van der Waals surface area (Å²) in [7, 11) is 1.67. The Kier molecular flexibility index (Phi) is 11.8. The fourth-order valence-corrected chi connectivity index (χ4v) is 6.39. The van der Waals surface area contributed by atoms with E-state index in [-0.39, 0.29) is 29.1 Å². The van der Waals surface area contributed by atoms with Gasteiger partial charge in [0.25, 0.3) is 18.3 Å². The second kappa shape index (κ2) is 15.9. The predicted octanol–water partition coefficient (Wildman–Crippen LogP) is 6.71. The molecular formula is C36H34F8N8O2S. The molecule has 2 aromatic heterocycles. The van der Waals surface area contributed by atoms with Crippen molar-refractivity contribution in [3.8, 4) is 23.0 Å². The number of amides is 1. The molecule has 10 nitrogen and oxygen atoms in total. The molecule has 1 atom stereocenters. The zero-order chi connectivity index (χ0) is 40.5. The monoisotopic (exact) mass is 794 g/mol. The van der Waals surface area contributed by atoms with E-state index in [2.05, 4.69) is 36.9 Å². The van der Waals surface area contributed by atoms with Crippen molar-refractivity contribution in [2.75, 3.05) is 17.5 Å². The van der Waals surface area contributed by atoms with Gasteiger partial charge in [0.2, 0.25) is 11.7 Å². The summed E-state index contributed by atoms with van der Waals surface area (Å²) in [5.74, 6) is -5.88. The van der Waals surface area contributed by atoms with Gasteiger partial charge in [-0.15, -0.1) is 0 Å². The maximum absolute atomic E-state index is 15.0. The van der Waals surface area contributed by atoms with Crippen LogP contribution in [0.4, 0.5) is 40.9 Å². The number of aromatic nitrogens is 4. The van der Waals surface area contributed by atoms with Crippen LogP contribution in [0.1, 0.15) is 49.8 Å². The first-order valence-electron chi connectivity index (χ1n) is 16.4. The first kappa shape index (κ1) is 41.0. The molecule has 0 bridgehead atoms. The van der Waals surface area contributed by atoms with E-state index in [1.807, 2.05) is 5.32 Å². The van der Waals surface area contributed by atoms with Crippen LogP contribution in [-0.2, 0) is 18.3 Å². The number of carbonyl (C=O) groups excluding carboxylic acids is 1. The van der Waals surface area contributed by atoms with Gasteiger partial charge in [-0.05, 0) is 50.0 Å². The zero-order valence-corrected chi connectivity index (χ0v) is 30.4. The lowest BCUT2D eigenvalue weighted by molar-refractivity contribution is -0.121. The summed E-state index contributed by atoms with van der Waals surface area (Å²) >= 11 is 1.29. The average molecular weight is 795 g/mol. The van der Waals surface area contributed by atoms with Crippen molar-refractivity contribution in [3.05, 3.63) is 82.6 Å². The summed E-state index contributed by atoms with van der Waals surface area (Å²) < 4.78 is 120. The maximum atomic E-state index is 15.0. The average Bonchev–Trinajstić information content (AvgIpc) is 3.41. The lowest BCUT2D eigenvalue weighted by atomic mass is 9.86. The molecule has 5 N–H and O–H groups in total. The van der Waals surface area contributed by atoms with Gasteiger partial charge in [-0.2, -0.15) is 13.9 Å². The highest BCUT2D eigenvalue weighted by molar-refractivity contribution is 7.99. The molecule has 55 heavy (non-hydrogen) atoms. The predicted molar refractivity (Wildman–Crippen MR) is 191 cm³/mol. The Morgan fingerprint density at radius 1 is 1.09 bits per heavy atom. The van der Waals surface area contributed by atoms with Gasteiger partial charge in [-0.3, -0.25) is 14.9 Å². The summed E-state index contributed by atoms with van der Waals surface area (Å²) in [6.45, 7) is 1.63. The first-order valence-corrected chi connectivity index (χ1v) is 17.7. The Balaban J connectivity index is 1.65. The summed E-state index contributed by atoms with van der Waals surface area (Å²) in [4.78, 5) is 22.5. The third kappa shape index (κ3) is 9.36. The van der Waals surface area contributed by atoms with E-state index in [9.17, 15) is 36.2 Å². The largest absolute Gasteiger partial charge is 0.378 e. The Bertz CT molecular complexity index is 2210. The standard InChI is InChI=1S/C36H34F8N8O2S/c1-34(2,54)9-8-25-46-16-23(21-6-5-7-22-30(21)52(3)50-33(22)51-55-4)29(49-25)24(14-18-12-19(37)15-20(38)13-18)48-26(53)17-47-31-27(28(45)32(39)40)35(41,42)10-11-36(31,43)44/h5-7,12-13,15-16,24,32,45,47,54H,10-11,14,17H2,1-4H3,(H,48,53)(H,50,51). The molecule has 0 spiro atoms. The van der Waals surface area contributed by atoms with Gasteiger partial charge in [0, 0.05) is 54.9 Å². The molecule has 2 heterocycles. The van der Waals surface area contributed by atoms with Crippen LogP contribution < -0.4 is 15.4 Å². The molecule has 0 saturated heterocycles. The van der Waals surface area contributed by atoms with E-state index < -0.39 is 83.8 Å². The molecule has 2 aromatic carbocycles. The molecule has 0 saturated carbocycles. The fraction of sp³-hybridized carbons (Fsp3) is 0.361. The summed E-state index contributed by atoms with van der Waals surface area (Å²) in [5.41, 5.74) is -5.85. The number of aliphatic hydroxyl groups is 1. The van der Waals surface area contributed by atoms with Crippen molar-refractivity contribution in [1.29, 1.82) is 5.41 Å². The first-order chi connectivity index (χ1) is 25.7. The van der Waals surface area contributed by atoms with Crippen LogP contribution in [0.2, 0.25) is 0 Å². The number of aryl methyl sites for hydroxylation is 1. The normalized spacial score (nSPS) is 15.7. The fourth-order valence-electron chi connectivity index (χ4n) is 6.05. The minimum Gasteiger partial charge on any atom is -0.378 e. The molecule has 1 amide bonds. The molecule has 0 fully saturated rings. The van der Waals surface area contributed by atoms with Crippen molar-refractivity contribution < 1.29 is 45.0 Å². The lowest BCUT2D eigenvalue weighted by Crippen LogP contribution is -2.47. The molecule has 1 aliphatic carbocycles. The Hall–Kier alpha value is -5.22. The van der Waals surface area contributed by atoms with Crippen molar-refractivity contribution in [3.63, 3.8) is 0 Å². The number of hydrogen-bond acceptors (Lipinski definition) is 9. The summed E-state index contributed by atoms with van der Waals surface area (Å²) in [6, 6.07) is 6.40. The number of rotatable bonds is 12. The number of anilines is 1. The van der Waals surface area contributed by atoms with Gasteiger partial charge in [-0.1, -0.05) is 30.0 Å². The van der Waals surface area contributed by atoms with Crippen LogP contribution in [0, 0.1) is 28.9 Å². The molecule has 19 heteroatoms. The van der Waals surface area contributed by atoms with Crippen molar-refractivity contribution in [2.24, 2.45) is 7.05 Å². The maximum Gasteiger partial charge on any atom is 0.288 e. The topological polar surface area (TPSA) is 141 Å². The van der Waals surface area contributed by atoms with E-state index >= 15 is 8.78 Å². The van der Waals surface area contributed by atoms with E-state index in [1.165, 1.54) is 32.0 Å². The number of fused-ring (bicyclic) bond motifs is 1. The molecule has 292 valence electrons. The van der Waals surface area contributed by atoms with Crippen molar-refractivity contribution in [1.82, 2.24) is 30.4 Å². The van der Waals surface area contributed by atoms with Gasteiger partial charge in [0.05, 0.1) is 35.1 Å². The van der Waals surface area contributed by atoms with Gasteiger partial charge >= 0.3 is 0 Å². The third-order valence-corrected chi connectivity index (χ3v) is 8.72. The highest BCUT2D eigenvalue weighted by atomic mass is 32.2. The molecule has 5 rings (SSSR count). The van der Waals surface area contributed by atoms with Crippen molar-refractivity contribution in [2.45, 2.75) is 63.0 Å². The van der Waals surface area contributed by atoms with Gasteiger partial charge in [-0.25, -0.2) is 36.3 Å². The van der Waals surface area contributed by atoms with E-state index in [1.54, 1.807) is 36.2 Å². The molecular weight excluding hydrogens is 761 g/mol. The Morgan fingerprint density at radius 3 is 2.40 bits per heavy atom. The van der Waals surface area contributed by atoms with Gasteiger partial charge in [0.1, 0.15) is 22.9 Å². The number of hydrogen-bond donors (Lipinski definition) is 5. The second-order valence-corrected chi connectivity index (χ2v) is 13.7. The Labute approximate surface area is 313 Å². The van der Waals surface area contributed by atoms with Gasteiger partial charge in [0.15, 0.2) is 5.82 Å². The molecule has 0 radical (unpaired) electrons. The number of benzene rings is 2. The Morgan fingerprint density at radius 2 is 1.76 bits per heavy atom. The molecule has 0 aliphatic heterocycles. The van der Waals surface area contributed by atoms with Crippen LogP contribution in [0.15, 0.2) is 53.9 Å². The number of allylic oxidation sites excluding steroid dienone is 2. The number of para-hydroxylation sites is 1. The van der Waals surface area contributed by atoms with E-state index in [4.69, 9.17) is 5.41 Å². The smallest absolute Gasteiger partial charge is 0.288 e. The lowest BCUT2D eigenvalue weighted by Gasteiger charge is -2.34. The quantitative estimate of drug-likeness (QED) is 0.0462. The highest BCUT2D eigenvalue weighted by Crippen LogP contribution is 2.46. The number of halogens is 8. The number of nitrogens with zero attached hydrogens (tertiary/aromatic N) is 4. The van der Waals surface area contributed by atoms with Crippen LogP contribution >= 0.6 is 11.9 Å². The molecule has 4 aromatic rings. The minimum atomic E-state index is -4.23. The van der Waals surface area contributed by atoms with Gasteiger partial charge < -0.3 is 20.5 Å². The number of carbonyl (C=O) groups is 1.